The number of hydrogen-bond donors (Lipinski definition) is 0. The SMILES string of the molecule is Cc1cccc(N(c2cccc3ccccc23)C2C=CC=CC2)c1. The van der Waals surface area contributed by atoms with Crippen LogP contribution in [0.4, 0.5) is 11.4 Å². The van der Waals surface area contributed by atoms with Crippen LogP contribution in [0.3, 0.4) is 0 Å². The molecule has 0 radical (unpaired) electrons. The number of hydrogen-bond acceptors (Lipinski definition) is 1. The zero-order chi connectivity index (χ0) is 16.4. The monoisotopic (exact) mass is 311 g/mol. The third-order valence-corrected chi connectivity index (χ3v) is 4.60. The standard InChI is InChI=1S/C23H21N/c1-18-9-7-14-21(17-18)24(20-12-3-2-4-13-20)23-16-8-11-19-10-5-6-15-22(19)23/h2-12,14-17,20H,13H2,1H3. The summed E-state index contributed by atoms with van der Waals surface area (Å²) < 4.78 is 0. The van der Waals surface area contributed by atoms with Crippen LogP contribution in [0.2, 0.25) is 0 Å². The zero-order valence-electron chi connectivity index (χ0n) is 13.9. The van der Waals surface area contributed by atoms with Crippen LogP contribution < -0.4 is 4.90 Å². The molecule has 0 bridgehead atoms. The highest BCUT2D eigenvalue weighted by atomic mass is 15.2. The lowest BCUT2D eigenvalue weighted by Gasteiger charge is -2.33. The van der Waals surface area contributed by atoms with Crippen molar-refractivity contribution < 1.29 is 0 Å². The second-order valence-electron chi connectivity index (χ2n) is 6.32. The molecule has 1 aliphatic rings. The number of anilines is 2. The highest BCUT2D eigenvalue weighted by Gasteiger charge is 2.20. The first-order chi connectivity index (χ1) is 11.8. The van der Waals surface area contributed by atoms with Gasteiger partial charge in [0, 0.05) is 16.8 Å². The Morgan fingerprint density at radius 3 is 2.54 bits per heavy atom. The molecular weight excluding hydrogens is 290 g/mol. The van der Waals surface area contributed by atoms with Crippen LogP contribution in [0.5, 0.6) is 0 Å². The number of nitrogens with zero attached hydrogens (tertiary/aromatic N) is 1. The van der Waals surface area contributed by atoms with E-state index in [4.69, 9.17) is 0 Å². The minimum atomic E-state index is 0.336. The number of fused-ring (bicyclic) bond motifs is 1. The predicted octanol–water partition coefficient (Wildman–Crippen LogP) is 6.17. The van der Waals surface area contributed by atoms with E-state index in [1.54, 1.807) is 0 Å². The number of aryl methyl sites for hydroxylation is 1. The Bertz CT molecular complexity index is 915. The average Bonchev–Trinajstić information content (AvgIpc) is 2.63. The van der Waals surface area contributed by atoms with E-state index in [-0.39, 0.29) is 0 Å². The van der Waals surface area contributed by atoms with Crippen LogP contribution in [-0.2, 0) is 0 Å². The summed E-state index contributed by atoms with van der Waals surface area (Å²) in [4.78, 5) is 2.47. The van der Waals surface area contributed by atoms with Gasteiger partial charge in [0.2, 0.25) is 0 Å². The van der Waals surface area contributed by atoms with Crippen LogP contribution in [0.1, 0.15) is 12.0 Å². The first-order valence-electron chi connectivity index (χ1n) is 8.50. The minimum absolute atomic E-state index is 0.336. The van der Waals surface area contributed by atoms with E-state index in [1.807, 2.05) is 0 Å². The largest absolute Gasteiger partial charge is 0.334 e. The molecule has 1 aliphatic carbocycles. The van der Waals surface area contributed by atoms with Gasteiger partial charge in [-0.15, -0.1) is 0 Å². The molecule has 3 aromatic carbocycles. The highest BCUT2D eigenvalue weighted by Crippen LogP contribution is 2.36. The maximum atomic E-state index is 2.47. The molecule has 0 saturated carbocycles. The van der Waals surface area contributed by atoms with Crippen molar-refractivity contribution in [2.75, 3.05) is 4.90 Å². The molecule has 1 nitrogen and oxygen atoms in total. The first kappa shape index (κ1) is 14.8. The van der Waals surface area contributed by atoms with E-state index in [0.717, 1.165) is 6.42 Å². The smallest absolute Gasteiger partial charge is 0.0560 e. The van der Waals surface area contributed by atoms with Crippen LogP contribution in [-0.4, -0.2) is 6.04 Å². The van der Waals surface area contributed by atoms with Gasteiger partial charge in [0.25, 0.3) is 0 Å². The van der Waals surface area contributed by atoms with Crippen molar-refractivity contribution in [3.63, 3.8) is 0 Å². The molecule has 3 aromatic rings. The Morgan fingerprint density at radius 1 is 0.875 bits per heavy atom. The highest BCUT2D eigenvalue weighted by molar-refractivity contribution is 5.96. The second-order valence-corrected chi connectivity index (χ2v) is 6.32. The molecule has 0 spiro atoms. The topological polar surface area (TPSA) is 3.24 Å². The minimum Gasteiger partial charge on any atom is -0.334 e. The third kappa shape index (κ3) is 2.74. The summed E-state index contributed by atoms with van der Waals surface area (Å²) in [5, 5.41) is 2.58. The van der Waals surface area contributed by atoms with Crippen molar-refractivity contribution in [2.24, 2.45) is 0 Å². The van der Waals surface area contributed by atoms with Gasteiger partial charge in [0.1, 0.15) is 0 Å². The first-order valence-corrected chi connectivity index (χ1v) is 8.50. The van der Waals surface area contributed by atoms with Crippen molar-refractivity contribution in [3.8, 4) is 0 Å². The second kappa shape index (κ2) is 6.37. The Morgan fingerprint density at radius 2 is 1.71 bits per heavy atom. The Labute approximate surface area is 143 Å². The average molecular weight is 311 g/mol. The molecule has 0 aliphatic heterocycles. The molecular formula is C23H21N. The van der Waals surface area contributed by atoms with E-state index in [0.29, 0.717) is 6.04 Å². The van der Waals surface area contributed by atoms with Gasteiger partial charge < -0.3 is 4.90 Å². The summed E-state index contributed by atoms with van der Waals surface area (Å²) in [6.07, 6.45) is 9.85. The Balaban J connectivity index is 1.91. The maximum absolute atomic E-state index is 2.47. The van der Waals surface area contributed by atoms with Gasteiger partial charge in [-0.1, -0.05) is 72.8 Å². The molecule has 1 heteroatoms. The fourth-order valence-corrected chi connectivity index (χ4v) is 3.46. The lowest BCUT2D eigenvalue weighted by molar-refractivity contribution is 0.787. The third-order valence-electron chi connectivity index (χ3n) is 4.60. The molecule has 0 heterocycles. The fourth-order valence-electron chi connectivity index (χ4n) is 3.46. The number of allylic oxidation sites excluding steroid dienone is 2. The van der Waals surface area contributed by atoms with Gasteiger partial charge in [-0.05, 0) is 42.5 Å². The molecule has 1 unspecified atom stereocenters. The lowest BCUT2D eigenvalue weighted by Crippen LogP contribution is -2.30. The van der Waals surface area contributed by atoms with Gasteiger partial charge in [-0.3, -0.25) is 0 Å². The van der Waals surface area contributed by atoms with E-state index >= 15 is 0 Å². The molecule has 4 rings (SSSR count). The molecule has 0 N–H and O–H groups in total. The van der Waals surface area contributed by atoms with Gasteiger partial charge in [0.15, 0.2) is 0 Å². The van der Waals surface area contributed by atoms with Crippen LogP contribution in [0.15, 0.2) is 91.0 Å². The van der Waals surface area contributed by atoms with E-state index in [2.05, 4.69) is 103 Å². The molecule has 0 saturated heterocycles. The van der Waals surface area contributed by atoms with Crippen molar-refractivity contribution in [3.05, 3.63) is 96.6 Å². The van der Waals surface area contributed by atoms with E-state index in [9.17, 15) is 0 Å². The summed E-state index contributed by atoms with van der Waals surface area (Å²) >= 11 is 0. The van der Waals surface area contributed by atoms with Crippen molar-refractivity contribution in [2.45, 2.75) is 19.4 Å². The summed E-state index contributed by atoms with van der Waals surface area (Å²) in [5.74, 6) is 0. The molecule has 118 valence electrons. The number of rotatable bonds is 3. The van der Waals surface area contributed by atoms with Gasteiger partial charge in [0.05, 0.1) is 6.04 Å². The maximum Gasteiger partial charge on any atom is 0.0560 e. The van der Waals surface area contributed by atoms with Crippen LogP contribution in [0, 0.1) is 6.92 Å². The van der Waals surface area contributed by atoms with Crippen LogP contribution in [0.25, 0.3) is 10.8 Å². The van der Waals surface area contributed by atoms with Crippen molar-refractivity contribution in [1.29, 1.82) is 0 Å². The zero-order valence-corrected chi connectivity index (χ0v) is 13.9. The summed E-state index contributed by atoms with van der Waals surface area (Å²) in [5.41, 5.74) is 3.80. The van der Waals surface area contributed by atoms with Gasteiger partial charge in [-0.25, -0.2) is 0 Å². The molecule has 0 amide bonds. The molecule has 24 heavy (non-hydrogen) atoms. The van der Waals surface area contributed by atoms with Crippen molar-refractivity contribution in [1.82, 2.24) is 0 Å². The summed E-state index contributed by atoms with van der Waals surface area (Å²) in [6, 6.07) is 24.3. The molecule has 0 fully saturated rings. The van der Waals surface area contributed by atoms with Gasteiger partial charge >= 0.3 is 0 Å². The lowest BCUT2D eigenvalue weighted by atomic mass is 10.0. The summed E-state index contributed by atoms with van der Waals surface area (Å²) in [7, 11) is 0. The molecule has 1 atom stereocenters. The predicted molar refractivity (Wildman–Crippen MR) is 104 cm³/mol. The molecule has 0 aromatic heterocycles. The fraction of sp³-hybridized carbons (Fsp3) is 0.130. The quantitative estimate of drug-likeness (QED) is 0.559. The Hall–Kier alpha value is -2.80. The summed E-state index contributed by atoms with van der Waals surface area (Å²) in [6.45, 7) is 2.15. The normalized spacial score (nSPS) is 16.5. The van der Waals surface area contributed by atoms with Crippen LogP contribution >= 0.6 is 0 Å². The van der Waals surface area contributed by atoms with E-state index < -0.39 is 0 Å². The Kier molecular flexibility index (Phi) is 3.92. The van der Waals surface area contributed by atoms with E-state index in [1.165, 1.54) is 27.7 Å². The van der Waals surface area contributed by atoms with Crippen molar-refractivity contribution >= 4 is 22.1 Å². The number of benzene rings is 3. The van der Waals surface area contributed by atoms with Gasteiger partial charge in [-0.2, -0.15) is 0 Å².